The molecule has 4 heteroatoms. The number of aromatic nitrogens is 1. The molecule has 0 aliphatic carbocycles. The Kier molecular flexibility index (Phi) is 5.61. The van der Waals surface area contributed by atoms with Gasteiger partial charge in [0.2, 0.25) is 5.88 Å². The van der Waals surface area contributed by atoms with Crippen LogP contribution in [-0.2, 0) is 6.54 Å². The molecule has 0 aromatic carbocycles. The average molecular weight is 263 g/mol. The quantitative estimate of drug-likeness (QED) is 0.851. The third-order valence-corrected chi connectivity index (χ3v) is 3.83. The molecule has 0 saturated carbocycles. The minimum absolute atomic E-state index is 0.761. The Hall–Kier alpha value is -1.13. The van der Waals surface area contributed by atoms with E-state index < -0.39 is 0 Å². The maximum atomic E-state index is 5.31. The first-order valence-electron chi connectivity index (χ1n) is 7.24. The monoisotopic (exact) mass is 263 g/mol. The summed E-state index contributed by atoms with van der Waals surface area (Å²) in [4.78, 5) is 6.76. The molecule has 2 heterocycles. The zero-order valence-electron chi connectivity index (χ0n) is 12.1. The lowest BCUT2D eigenvalue weighted by atomic mass is 9.96. The second kappa shape index (κ2) is 7.46. The fourth-order valence-corrected chi connectivity index (χ4v) is 2.67. The van der Waals surface area contributed by atoms with Crippen molar-refractivity contribution in [2.75, 3.05) is 33.3 Å². The van der Waals surface area contributed by atoms with E-state index in [1.54, 1.807) is 13.3 Å². The highest BCUT2D eigenvalue weighted by Crippen LogP contribution is 2.21. The van der Waals surface area contributed by atoms with E-state index in [0.717, 1.165) is 24.9 Å². The molecular formula is C15H25N3O. The topological polar surface area (TPSA) is 37.4 Å². The van der Waals surface area contributed by atoms with Crippen LogP contribution >= 0.6 is 0 Å². The van der Waals surface area contributed by atoms with Gasteiger partial charge in [0.25, 0.3) is 0 Å². The smallest absolute Gasteiger partial charge is 0.217 e. The predicted molar refractivity (Wildman–Crippen MR) is 77.3 cm³/mol. The molecule has 1 aliphatic heterocycles. The molecule has 1 fully saturated rings. The summed E-state index contributed by atoms with van der Waals surface area (Å²) in [6.07, 6.45) is 4.36. The van der Waals surface area contributed by atoms with E-state index in [1.807, 2.05) is 6.07 Å². The van der Waals surface area contributed by atoms with Crippen LogP contribution in [0.25, 0.3) is 0 Å². The van der Waals surface area contributed by atoms with Gasteiger partial charge >= 0.3 is 0 Å². The number of ether oxygens (including phenoxy) is 1. The van der Waals surface area contributed by atoms with E-state index in [-0.39, 0.29) is 0 Å². The number of rotatable bonds is 6. The van der Waals surface area contributed by atoms with Gasteiger partial charge in [0.15, 0.2) is 0 Å². The molecule has 4 nitrogen and oxygen atoms in total. The van der Waals surface area contributed by atoms with E-state index >= 15 is 0 Å². The Labute approximate surface area is 116 Å². The number of nitrogens with zero attached hydrogens (tertiary/aromatic N) is 2. The number of likely N-dealkylation sites (tertiary alicyclic amines) is 1. The fraction of sp³-hybridized carbons (Fsp3) is 0.667. The average Bonchev–Trinajstić information content (AvgIpc) is 2.47. The highest BCUT2D eigenvalue weighted by atomic mass is 16.5. The summed E-state index contributed by atoms with van der Waals surface area (Å²) in [5.41, 5.74) is 1.19. The number of hydrogen-bond acceptors (Lipinski definition) is 4. The van der Waals surface area contributed by atoms with Gasteiger partial charge in [-0.3, -0.25) is 4.90 Å². The SMILES string of the molecule is CCNCC1CCN(Cc2cccnc2OC)CC1. The zero-order valence-corrected chi connectivity index (χ0v) is 12.1. The summed E-state index contributed by atoms with van der Waals surface area (Å²) in [7, 11) is 1.69. The summed E-state index contributed by atoms with van der Waals surface area (Å²) in [6.45, 7) is 7.71. The van der Waals surface area contributed by atoms with Crippen LogP contribution in [-0.4, -0.2) is 43.2 Å². The second-order valence-corrected chi connectivity index (χ2v) is 5.20. The van der Waals surface area contributed by atoms with Crippen molar-refractivity contribution in [3.05, 3.63) is 23.9 Å². The van der Waals surface area contributed by atoms with Gasteiger partial charge < -0.3 is 10.1 Å². The third kappa shape index (κ3) is 4.18. The Bertz CT molecular complexity index is 375. The van der Waals surface area contributed by atoms with Gasteiger partial charge in [-0.1, -0.05) is 13.0 Å². The standard InChI is InChI=1S/C15H25N3O/c1-3-16-11-13-6-9-18(10-7-13)12-14-5-4-8-17-15(14)19-2/h4-5,8,13,16H,3,6-7,9-12H2,1-2H3. The number of methoxy groups -OCH3 is 1. The zero-order chi connectivity index (χ0) is 13.5. The largest absolute Gasteiger partial charge is 0.481 e. The normalized spacial score (nSPS) is 17.6. The van der Waals surface area contributed by atoms with Crippen LogP contribution < -0.4 is 10.1 Å². The van der Waals surface area contributed by atoms with Gasteiger partial charge in [0.1, 0.15) is 0 Å². The van der Waals surface area contributed by atoms with Gasteiger partial charge in [0.05, 0.1) is 7.11 Å². The molecule has 1 aliphatic rings. The first-order valence-corrected chi connectivity index (χ1v) is 7.24. The predicted octanol–water partition coefficient (Wildman–Crippen LogP) is 1.91. The van der Waals surface area contributed by atoms with Crippen molar-refractivity contribution >= 4 is 0 Å². The Balaban J connectivity index is 1.82. The molecule has 0 unspecified atom stereocenters. The van der Waals surface area contributed by atoms with Crippen molar-refractivity contribution in [2.24, 2.45) is 5.92 Å². The summed E-state index contributed by atoms with van der Waals surface area (Å²) >= 11 is 0. The molecule has 0 atom stereocenters. The molecule has 106 valence electrons. The molecule has 1 aromatic rings. The molecular weight excluding hydrogens is 238 g/mol. The molecule has 0 spiro atoms. The van der Waals surface area contributed by atoms with E-state index in [4.69, 9.17) is 4.74 Å². The molecule has 0 amide bonds. The third-order valence-electron chi connectivity index (χ3n) is 3.83. The van der Waals surface area contributed by atoms with Gasteiger partial charge in [-0.25, -0.2) is 4.98 Å². The highest BCUT2D eigenvalue weighted by molar-refractivity contribution is 5.25. The van der Waals surface area contributed by atoms with Crippen molar-refractivity contribution in [2.45, 2.75) is 26.3 Å². The van der Waals surface area contributed by atoms with Crippen molar-refractivity contribution in [1.29, 1.82) is 0 Å². The van der Waals surface area contributed by atoms with Crippen LogP contribution in [0.2, 0.25) is 0 Å². The van der Waals surface area contributed by atoms with E-state index in [0.29, 0.717) is 0 Å². The van der Waals surface area contributed by atoms with E-state index in [9.17, 15) is 0 Å². The molecule has 1 saturated heterocycles. The van der Waals surface area contributed by atoms with Crippen LogP contribution in [0.15, 0.2) is 18.3 Å². The molecule has 0 radical (unpaired) electrons. The van der Waals surface area contributed by atoms with Crippen LogP contribution in [0.1, 0.15) is 25.3 Å². The maximum absolute atomic E-state index is 5.31. The summed E-state index contributed by atoms with van der Waals surface area (Å²) < 4.78 is 5.31. The highest BCUT2D eigenvalue weighted by Gasteiger charge is 2.19. The van der Waals surface area contributed by atoms with Crippen molar-refractivity contribution < 1.29 is 4.74 Å². The first-order chi connectivity index (χ1) is 9.33. The molecule has 1 N–H and O–H groups in total. The first kappa shape index (κ1) is 14.3. The molecule has 2 rings (SSSR count). The minimum atomic E-state index is 0.761. The van der Waals surface area contributed by atoms with E-state index in [1.165, 1.54) is 38.0 Å². The molecule has 19 heavy (non-hydrogen) atoms. The van der Waals surface area contributed by atoms with Crippen LogP contribution in [0.3, 0.4) is 0 Å². The summed E-state index contributed by atoms with van der Waals surface area (Å²) in [5.74, 6) is 1.60. The van der Waals surface area contributed by atoms with Gasteiger partial charge in [0, 0.05) is 18.3 Å². The maximum Gasteiger partial charge on any atom is 0.217 e. The van der Waals surface area contributed by atoms with Crippen molar-refractivity contribution in [1.82, 2.24) is 15.2 Å². The number of pyridine rings is 1. The molecule has 1 aromatic heterocycles. The number of piperidine rings is 1. The van der Waals surface area contributed by atoms with Crippen LogP contribution in [0, 0.1) is 5.92 Å². The summed E-state index contributed by atoms with van der Waals surface area (Å²) in [6, 6.07) is 4.09. The second-order valence-electron chi connectivity index (χ2n) is 5.20. The lowest BCUT2D eigenvalue weighted by Crippen LogP contribution is -2.36. The lowest BCUT2D eigenvalue weighted by molar-refractivity contribution is 0.174. The minimum Gasteiger partial charge on any atom is -0.481 e. The Morgan fingerprint density at radius 3 is 2.89 bits per heavy atom. The van der Waals surface area contributed by atoms with Crippen molar-refractivity contribution in [3.63, 3.8) is 0 Å². The summed E-state index contributed by atoms with van der Waals surface area (Å²) in [5, 5.41) is 3.45. The van der Waals surface area contributed by atoms with Crippen molar-refractivity contribution in [3.8, 4) is 5.88 Å². The van der Waals surface area contributed by atoms with Gasteiger partial charge in [-0.05, 0) is 51.0 Å². The van der Waals surface area contributed by atoms with Gasteiger partial charge in [-0.15, -0.1) is 0 Å². The number of nitrogens with one attached hydrogen (secondary N) is 1. The van der Waals surface area contributed by atoms with Crippen LogP contribution in [0.5, 0.6) is 5.88 Å². The van der Waals surface area contributed by atoms with Crippen LogP contribution in [0.4, 0.5) is 0 Å². The number of hydrogen-bond donors (Lipinski definition) is 1. The lowest BCUT2D eigenvalue weighted by Gasteiger charge is -2.32. The fourth-order valence-electron chi connectivity index (χ4n) is 2.67. The Morgan fingerprint density at radius 2 is 2.21 bits per heavy atom. The van der Waals surface area contributed by atoms with E-state index in [2.05, 4.69) is 28.2 Å². The molecule has 0 bridgehead atoms. The van der Waals surface area contributed by atoms with Gasteiger partial charge in [-0.2, -0.15) is 0 Å². The Morgan fingerprint density at radius 1 is 1.42 bits per heavy atom.